The topological polar surface area (TPSA) is 26.9 Å². The van der Waals surface area contributed by atoms with Gasteiger partial charge < -0.3 is 5.21 Å². The molecule has 0 amide bonds. The molecule has 0 aliphatic carbocycles. The van der Waals surface area contributed by atoms with Gasteiger partial charge in [0.15, 0.2) is 5.69 Å². The van der Waals surface area contributed by atoms with Gasteiger partial charge in [-0.3, -0.25) is 0 Å². The average Bonchev–Trinajstić information content (AvgIpc) is 2.44. The Morgan fingerprint density at radius 2 is 1.56 bits per heavy atom. The van der Waals surface area contributed by atoms with Crippen LogP contribution in [-0.4, -0.2) is 0 Å². The summed E-state index contributed by atoms with van der Waals surface area (Å²) in [5.41, 5.74) is 2.39. The third-order valence-corrected chi connectivity index (χ3v) is 3.24. The number of aromatic nitrogens is 1. The Balaban J connectivity index is 2.34. The minimum atomic E-state index is 0.701. The van der Waals surface area contributed by atoms with E-state index in [0.29, 0.717) is 5.69 Å². The largest absolute Gasteiger partial charge is 0.618 e. The first-order chi connectivity index (χ1) is 8.77. The van der Waals surface area contributed by atoms with E-state index in [9.17, 15) is 5.21 Å². The van der Waals surface area contributed by atoms with Gasteiger partial charge in [0.05, 0.1) is 5.39 Å². The van der Waals surface area contributed by atoms with Crippen LogP contribution in [0.2, 0.25) is 0 Å². The second-order valence-electron chi connectivity index (χ2n) is 4.36. The number of pyridine rings is 1. The number of fused-ring (bicyclic) bond motifs is 1. The normalized spacial score (nSPS) is 10.7. The van der Waals surface area contributed by atoms with Gasteiger partial charge in [-0.1, -0.05) is 36.4 Å². The fourth-order valence-electron chi connectivity index (χ4n) is 2.26. The Kier molecular flexibility index (Phi) is 2.49. The molecule has 3 aromatic rings. The van der Waals surface area contributed by atoms with Gasteiger partial charge in [0.1, 0.15) is 0 Å². The summed E-state index contributed by atoms with van der Waals surface area (Å²) in [6.45, 7) is 1.86. The molecule has 0 N–H and O–H groups in total. The molecule has 0 aliphatic rings. The van der Waals surface area contributed by atoms with Gasteiger partial charge in [0, 0.05) is 18.6 Å². The number of aryl methyl sites for hydroxylation is 1. The molecule has 1 aromatic heterocycles. The zero-order chi connectivity index (χ0) is 12.5. The van der Waals surface area contributed by atoms with Crippen LogP contribution in [0.15, 0.2) is 60.7 Å². The standard InChI is InChI=1S/C16H13NO/c1-12-15-10-6-5-9-14(15)11-16(17(12)18)13-7-3-2-4-8-13/h2-11H,1H3. The Morgan fingerprint density at radius 1 is 0.889 bits per heavy atom. The highest BCUT2D eigenvalue weighted by molar-refractivity contribution is 5.86. The number of nitrogens with zero attached hydrogens (tertiary/aromatic N) is 1. The maximum Gasteiger partial charge on any atom is 0.224 e. The van der Waals surface area contributed by atoms with Crippen LogP contribution in [0.1, 0.15) is 5.69 Å². The molecule has 0 radical (unpaired) electrons. The summed E-state index contributed by atoms with van der Waals surface area (Å²) >= 11 is 0. The monoisotopic (exact) mass is 235 g/mol. The minimum absolute atomic E-state index is 0.701. The second kappa shape index (κ2) is 4.15. The van der Waals surface area contributed by atoms with E-state index in [0.717, 1.165) is 26.8 Å². The number of rotatable bonds is 1. The van der Waals surface area contributed by atoms with Crippen molar-refractivity contribution in [2.75, 3.05) is 0 Å². The first kappa shape index (κ1) is 10.8. The minimum Gasteiger partial charge on any atom is -0.618 e. The fraction of sp³-hybridized carbons (Fsp3) is 0.0625. The Morgan fingerprint density at radius 3 is 2.33 bits per heavy atom. The summed E-state index contributed by atoms with van der Waals surface area (Å²) in [6, 6.07) is 19.7. The molecule has 0 saturated heterocycles. The van der Waals surface area contributed by atoms with E-state index in [1.807, 2.05) is 67.6 Å². The molecule has 1 heterocycles. The van der Waals surface area contributed by atoms with Gasteiger partial charge in [0.25, 0.3) is 0 Å². The van der Waals surface area contributed by atoms with Crippen molar-refractivity contribution in [3.63, 3.8) is 0 Å². The lowest BCUT2D eigenvalue weighted by Crippen LogP contribution is -2.33. The predicted octanol–water partition coefficient (Wildman–Crippen LogP) is 3.45. The highest BCUT2D eigenvalue weighted by Gasteiger charge is 2.14. The zero-order valence-corrected chi connectivity index (χ0v) is 10.1. The van der Waals surface area contributed by atoms with Crippen molar-refractivity contribution >= 4 is 10.8 Å². The molecule has 0 atom stereocenters. The summed E-state index contributed by atoms with van der Waals surface area (Å²) in [4.78, 5) is 0. The van der Waals surface area contributed by atoms with E-state index < -0.39 is 0 Å². The van der Waals surface area contributed by atoms with Crippen LogP contribution in [-0.2, 0) is 0 Å². The third kappa shape index (κ3) is 1.63. The summed E-state index contributed by atoms with van der Waals surface area (Å²) in [5.74, 6) is 0. The first-order valence-corrected chi connectivity index (χ1v) is 5.95. The molecule has 0 spiro atoms. The van der Waals surface area contributed by atoms with Crippen LogP contribution in [0.3, 0.4) is 0 Å². The lowest BCUT2D eigenvalue weighted by Gasteiger charge is -2.10. The molecule has 18 heavy (non-hydrogen) atoms. The van der Waals surface area contributed by atoms with Gasteiger partial charge in [-0.05, 0) is 23.6 Å². The van der Waals surface area contributed by atoms with E-state index in [4.69, 9.17) is 0 Å². The van der Waals surface area contributed by atoms with Gasteiger partial charge in [-0.25, -0.2) is 0 Å². The van der Waals surface area contributed by atoms with Crippen LogP contribution in [0.5, 0.6) is 0 Å². The highest BCUT2D eigenvalue weighted by Crippen LogP contribution is 2.22. The fourth-order valence-corrected chi connectivity index (χ4v) is 2.26. The lowest BCUT2D eigenvalue weighted by atomic mass is 10.1. The molecule has 0 bridgehead atoms. The second-order valence-corrected chi connectivity index (χ2v) is 4.36. The van der Waals surface area contributed by atoms with Crippen molar-refractivity contribution in [3.8, 4) is 11.3 Å². The van der Waals surface area contributed by atoms with Crippen molar-refractivity contribution in [2.24, 2.45) is 0 Å². The highest BCUT2D eigenvalue weighted by atomic mass is 16.5. The van der Waals surface area contributed by atoms with E-state index >= 15 is 0 Å². The molecule has 2 aromatic carbocycles. The number of benzene rings is 2. The maximum atomic E-state index is 12.3. The molecule has 0 fully saturated rings. The summed E-state index contributed by atoms with van der Waals surface area (Å²) in [7, 11) is 0. The summed E-state index contributed by atoms with van der Waals surface area (Å²) in [5, 5.41) is 14.4. The quantitative estimate of drug-likeness (QED) is 0.469. The predicted molar refractivity (Wildman–Crippen MR) is 73.1 cm³/mol. The van der Waals surface area contributed by atoms with Gasteiger partial charge >= 0.3 is 0 Å². The molecule has 2 heteroatoms. The van der Waals surface area contributed by atoms with E-state index in [1.54, 1.807) is 0 Å². The van der Waals surface area contributed by atoms with E-state index in [2.05, 4.69) is 0 Å². The molecule has 0 unspecified atom stereocenters. The molecular formula is C16H13NO. The Hall–Kier alpha value is -2.35. The number of hydrogen-bond donors (Lipinski definition) is 0. The molecule has 0 aliphatic heterocycles. The van der Waals surface area contributed by atoms with Gasteiger partial charge in [-0.2, -0.15) is 4.73 Å². The van der Waals surface area contributed by atoms with Gasteiger partial charge in [-0.15, -0.1) is 0 Å². The molecule has 0 saturated carbocycles. The summed E-state index contributed by atoms with van der Waals surface area (Å²) < 4.78 is 1.01. The average molecular weight is 235 g/mol. The third-order valence-electron chi connectivity index (χ3n) is 3.24. The van der Waals surface area contributed by atoms with Crippen LogP contribution >= 0.6 is 0 Å². The maximum absolute atomic E-state index is 12.3. The SMILES string of the molecule is Cc1c2ccccc2cc(-c2ccccc2)[n+]1[O-]. The van der Waals surface area contributed by atoms with Crippen molar-refractivity contribution in [3.05, 3.63) is 71.6 Å². The first-order valence-electron chi connectivity index (χ1n) is 5.95. The molecule has 88 valence electrons. The van der Waals surface area contributed by atoms with Crippen LogP contribution in [0.25, 0.3) is 22.0 Å². The van der Waals surface area contributed by atoms with Crippen molar-refractivity contribution in [1.82, 2.24) is 0 Å². The molecule has 2 nitrogen and oxygen atoms in total. The molecular weight excluding hydrogens is 222 g/mol. The Labute approximate surface area is 106 Å². The van der Waals surface area contributed by atoms with Crippen molar-refractivity contribution in [1.29, 1.82) is 0 Å². The lowest BCUT2D eigenvalue weighted by molar-refractivity contribution is -0.599. The Bertz CT molecular complexity index is 705. The number of hydrogen-bond acceptors (Lipinski definition) is 1. The van der Waals surface area contributed by atoms with Crippen LogP contribution in [0.4, 0.5) is 0 Å². The smallest absolute Gasteiger partial charge is 0.224 e. The summed E-state index contributed by atoms with van der Waals surface area (Å²) in [6.07, 6.45) is 0. The molecule has 3 rings (SSSR count). The van der Waals surface area contributed by atoms with Crippen LogP contribution in [0, 0.1) is 12.1 Å². The van der Waals surface area contributed by atoms with E-state index in [-0.39, 0.29) is 0 Å². The van der Waals surface area contributed by atoms with Crippen molar-refractivity contribution < 1.29 is 4.73 Å². The zero-order valence-electron chi connectivity index (χ0n) is 10.1. The van der Waals surface area contributed by atoms with E-state index in [1.165, 1.54) is 0 Å². The van der Waals surface area contributed by atoms with Gasteiger partial charge in [0.2, 0.25) is 5.69 Å². The van der Waals surface area contributed by atoms with Crippen LogP contribution < -0.4 is 4.73 Å². The van der Waals surface area contributed by atoms with Crippen molar-refractivity contribution in [2.45, 2.75) is 6.92 Å².